The van der Waals surface area contributed by atoms with Crippen LogP contribution in [0.3, 0.4) is 0 Å². The number of hydrogen-bond donors (Lipinski definition) is 0. The Hall–Kier alpha value is -2.08. The molecule has 1 amide bonds. The fourth-order valence-corrected chi connectivity index (χ4v) is 3.12. The van der Waals surface area contributed by atoms with E-state index in [1.807, 2.05) is 25.1 Å². The molecule has 1 aromatic rings. The Morgan fingerprint density at radius 1 is 1.17 bits per heavy atom. The second-order valence-electron chi connectivity index (χ2n) is 6.06. The summed E-state index contributed by atoms with van der Waals surface area (Å²) in [5.41, 5.74) is 0. The molecule has 2 fully saturated rings. The summed E-state index contributed by atoms with van der Waals surface area (Å²) in [6, 6.07) is 8.90. The zero-order valence-electron chi connectivity index (χ0n) is 13.3. The van der Waals surface area contributed by atoms with Crippen LogP contribution in [0.15, 0.2) is 30.3 Å². The molecule has 0 spiro atoms. The first kappa shape index (κ1) is 15.8. The van der Waals surface area contributed by atoms with E-state index < -0.39 is 0 Å². The summed E-state index contributed by atoms with van der Waals surface area (Å²) < 4.78 is 10.6. The van der Waals surface area contributed by atoms with Gasteiger partial charge >= 0.3 is 12.1 Å². The summed E-state index contributed by atoms with van der Waals surface area (Å²) in [4.78, 5) is 28.0. The van der Waals surface area contributed by atoms with Gasteiger partial charge in [-0.2, -0.15) is 0 Å². The van der Waals surface area contributed by atoms with Gasteiger partial charge in [0.15, 0.2) is 0 Å². The minimum atomic E-state index is -0.333. The molecule has 0 N–H and O–H groups in total. The number of benzene rings is 1. The summed E-state index contributed by atoms with van der Waals surface area (Å²) in [5, 5.41) is 0. The van der Waals surface area contributed by atoms with Crippen molar-refractivity contribution < 1.29 is 19.1 Å². The van der Waals surface area contributed by atoms with Gasteiger partial charge in [0.2, 0.25) is 0 Å². The minimum absolute atomic E-state index is 0.0186. The quantitative estimate of drug-likeness (QED) is 0.780. The van der Waals surface area contributed by atoms with E-state index >= 15 is 0 Å². The summed E-state index contributed by atoms with van der Waals surface area (Å²) in [7, 11) is 0. The summed E-state index contributed by atoms with van der Waals surface area (Å²) in [6.45, 7) is 4.57. The van der Waals surface area contributed by atoms with Crippen LogP contribution >= 0.6 is 0 Å². The number of hydrogen-bond acceptors (Lipinski definition) is 5. The van der Waals surface area contributed by atoms with Crippen LogP contribution in [-0.2, 0) is 9.53 Å². The number of carbonyl (C=O) groups excluding carboxylic acids is 2. The third-order valence-electron chi connectivity index (χ3n) is 4.32. The monoisotopic (exact) mass is 318 g/mol. The fraction of sp³-hybridized carbons (Fsp3) is 0.529. The van der Waals surface area contributed by atoms with Crippen molar-refractivity contribution in [3.05, 3.63) is 30.3 Å². The maximum atomic E-state index is 12.3. The van der Waals surface area contributed by atoms with Crippen LogP contribution in [-0.4, -0.2) is 60.2 Å². The molecule has 2 aliphatic heterocycles. The van der Waals surface area contributed by atoms with Gasteiger partial charge in [-0.05, 0) is 25.5 Å². The van der Waals surface area contributed by atoms with Gasteiger partial charge in [0, 0.05) is 32.6 Å². The highest BCUT2D eigenvalue weighted by molar-refractivity contribution is 5.78. The lowest BCUT2D eigenvalue weighted by Crippen LogP contribution is -2.42. The zero-order valence-corrected chi connectivity index (χ0v) is 13.3. The molecule has 0 aromatic heterocycles. The molecule has 124 valence electrons. The van der Waals surface area contributed by atoms with E-state index in [-0.39, 0.29) is 24.2 Å². The molecule has 0 bridgehead atoms. The number of cyclic esters (lactones) is 1. The molecule has 6 nitrogen and oxygen atoms in total. The summed E-state index contributed by atoms with van der Waals surface area (Å²) in [5.74, 6) is 0.407. The molecule has 0 unspecified atom stereocenters. The lowest BCUT2D eigenvalue weighted by Gasteiger charge is -2.24. The van der Waals surface area contributed by atoms with Crippen molar-refractivity contribution in [2.75, 3.05) is 26.2 Å². The molecular formula is C17H22N2O4. The summed E-state index contributed by atoms with van der Waals surface area (Å²) in [6.07, 6.45) is 1.20. The predicted molar refractivity (Wildman–Crippen MR) is 84.2 cm³/mol. The van der Waals surface area contributed by atoms with Gasteiger partial charge < -0.3 is 14.4 Å². The molecule has 3 rings (SSSR count). The Bertz CT molecular complexity index is 563. The first-order chi connectivity index (χ1) is 11.1. The molecule has 2 heterocycles. The van der Waals surface area contributed by atoms with E-state index in [1.54, 1.807) is 17.0 Å². The van der Waals surface area contributed by atoms with Crippen LogP contribution in [0.25, 0.3) is 0 Å². The van der Waals surface area contributed by atoms with Crippen molar-refractivity contribution in [3.63, 3.8) is 0 Å². The van der Waals surface area contributed by atoms with Crippen LogP contribution in [0, 0.1) is 0 Å². The van der Waals surface area contributed by atoms with E-state index in [0.29, 0.717) is 25.4 Å². The van der Waals surface area contributed by atoms with Crippen molar-refractivity contribution in [2.24, 2.45) is 0 Å². The third kappa shape index (κ3) is 3.82. The number of nitrogens with zero attached hydrogens (tertiary/aromatic N) is 2. The predicted octanol–water partition coefficient (Wildman–Crippen LogP) is 1.90. The third-order valence-corrected chi connectivity index (χ3v) is 4.32. The van der Waals surface area contributed by atoms with Gasteiger partial charge in [-0.15, -0.1) is 0 Å². The Labute approximate surface area is 136 Å². The lowest BCUT2D eigenvalue weighted by molar-refractivity contribution is -0.144. The fourth-order valence-electron chi connectivity index (χ4n) is 3.12. The molecule has 2 aliphatic rings. The number of amides is 1. The standard InChI is InChI=1S/C17H22N2O4/c1-13-12-15(16(20)22-13)18-8-5-9-19(11-10-18)17(21)23-14-6-3-2-4-7-14/h2-4,6-7,13,15H,5,8-12H2,1H3/t13-,15-/m1/s1. The van der Waals surface area contributed by atoms with Crippen LogP contribution in [0.2, 0.25) is 0 Å². The highest BCUT2D eigenvalue weighted by Crippen LogP contribution is 2.21. The SMILES string of the molecule is C[C@@H]1C[C@@H](N2CCCN(C(=O)Oc3ccccc3)CC2)C(=O)O1. The summed E-state index contributed by atoms with van der Waals surface area (Å²) >= 11 is 0. The van der Waals surface area contributed by atoms with Gasteiger partial charge in [-0.3, -0.25) is 9.69 Å². The number of para-hydroxylation sites is 1. The number of ether oxygens (including phenoxy) is 2. The van der Waals surface area contributed by atoms with E-state index in [1.165, 1.54) is 0 Å². The number of esters is 1. The molecule has 2 saturated heterocycles. The average molecular weight is 318 g/mol. The molecule has 2 atom stereocenters. The molecular weight excluding hydrogens is 296 g/mol. The highest BCUT2D eigenvalue weighted by atomic mass is 16.6. The van der Waals surface area contributed by atoms with E-state index in [2.05, 4.69) is 4.90 Å². The maximum absolute atomic E-state index is 12.3. The van der Waals surface area contributed by atoms with Crippen molar-refractivity contribution in [1.29, 1.82) is 0 Å². The van der Waals surface area contributed by atoms with Gasteiger partial charge in [-0.1, -0.05) is 18.2 Å². The molecule has 23 heavy (non-hydrogen) atoms. The van der Waals surface area contributed by atoms with Crippen molar-refractivity contribution in [2.45, 2.75) is 31.9 Å². The van der Waals surface area contributed by atoms with E-state index in [0.717, 1.165) is 19.4 Å². The largest absolute Gasteiger partial charge is 0.461 e. The number of carbonyl (C=O) groups is 2. The normalized spacial score (nSPS) is 25.8. The first-order valence-corrected chi connectivity index (χ1v) is 8.10. The van der Waals surface area contributed by atoms with Crippen molar-refractivity contribution >= 4 is 12.1 Å². The molecule has 6 heteroatoms. The average Bonchev–Trinajstić information content (AvgIpc) is 2.75. The van der Waals surface area contributed by atoms with Gasteiger partial charge in [0.1, 0.15) is 17.9 Å². The van der Waals surface area contributed by atoms with Crippen molar-refractivity contribution in [1.82, 2.24) is 9.80 Å². The van der Waals surface area contributed by atoms with Crippen LogP contribution in [0.1, 0.15) is 19.8 Å². The Morgan fingerprint density at radius 2 is 1.96 bits per heavy atom. The van der Waals surface area contributed by atoms with Gasteiger partial charge in [-0.25, -0.2) is 4.79 Å². The van der Waals surface area contributed by atoms with Crippen LogP contribution < -0.4 is 4.74 Å². The first-order valence-electron chi connectivity index (χ1n) is 8.10. The Morgan fingerprint density at radius 3 is 2.65 bits per heavy atom. The maximum Gasteiger partial charge on any atom is 0.415 e. The second-order valence-corrected chi connectivity index (χ2v) is 6.06. The highest BCUT2D eigenvalue weighted by Gasteiger charge is 2.37. The lowest BCUT2D eigenvalue weighted by atomic mass is 10.1. The molecule has 1 aromatic carbocycles. The molecule has 0 saturated carbocycles. The Balaban J connectivity index is 1.56. The molecule has 0 aliphatic carbocycles. The molecule has 0 radical (unpaired) electrons. The number of rotatable bonds is 2. The van der Waals surface area contributed by atoms with Crippen LogP contribution in [0.4, 0.5) is 4.79 Å². The van der Waals surface area contributed by atoms with Crippen molar-refractivity contribution in [3.8, 4) is 5.75 Å². The smallest absolute Gasteiger partial charge is 0.415 e. The Kier molecular flexibility index (Phi) is 4.81. The van der Waals surface area contributed by atoms with E-state index in [9.17, 15) is 9.59 Å². The minimum Gasteiger partial charge on any atom is -0.461 e. The van der Waals surface area contributed by atoms with Crippen LogP contribution in [0.5, 0.6) is 5.75 Å². The van der Waals surface area contributed by atoms with Gasteiger partial charge in [0.05, 0.1) is 0 Å². The second kappa shape index (κ2) is 7.00. The van der Waals surface area contributed by atoms with Gasteiger partial charge in [0.25, 0.3) is 0 Å². The zero-order chi connectivity index (χ0) is 16.2. The topological polar surface area (TPSA) is 59.1 Å². The van der Waals surface area contributed by atoms with E-state index in [4.69, 9.17) is 9.47 Å².